The normalized spacial score (nSPS) is 11.4. The quantitative estimate of drug-likeness (QED) is 0.788. The van der Waals surface area contributed by atoms with E-state index in [2.05, 4.69) is 53.6 Å². The number of fused-ring (bicyclic) bond motifs is 1. The van der Waals surface area contributed by atoms with Gasteiger partial charge in [0.25, 0.3) is 0 Å². The predicted octanol–water partition coefficient (Wildman–Crippen LogP) is 3.99. The van der Waals surface area contributed by atoms with Crippen LogP contribution >= 0.6 is 11.3 Å². The Labute approximate surface area is 122 Å². The summed E-state index contributed by atoms with van der Waals surface area (Å²) < 4.78 is 3.21. The second kappa shape index (κ2) is 5.25. The molecule has 3 aromatic rings. The molecular weight excluding hydrogens is 268 g/mol. The van der Waals surface area contributed by atoms with E-state index in [0.29, 0.717) is 6.04 Å². The highest BCUT2D eigenvalue weighted by Crippen LogP contribution is 2.25. The molecule has 0 aliphatic heterocycles. The van der Waals surface area contributed by atoms with Crippen LogP contribution in [0, 0.1) is 6.92 Å². The average molecular weight is 286 g/mol. The Hall–Kier alpha value is -1.88. The molecule has 0 saturated heterocycles. The van der Waals surface area contributed by atoms with Gasteiger partial charge in [-0.25, -0.2) is 4.98 Å². The highest BCUT2D eigenvalue weighted by Gasteiger charge is 2.04. The van der Waals surface area contributed by atoms with Crippen molar-refractivity contribution in [2.75, 3.05) is 5.32 Å². The first-order chi connectivity index (χ1) is 9.61. The van der Waals surface area contributed by atoms with Crippen molar-refractivity contribution in [2.24, 2.45) is 0 Å². The fourth-order valence-electron chi connectivity index (χ4n) is 2.10. The zero-order valence-electron chi connectivity index (χ0n) is 11.9. The SMILES string of the molecule is Cc1nc2ccc(NCc3cnn(C(C)C)c3)cc2s1. The van der Waals surface area contributed by atoms with E-state index in [4.69, 9.17) is 0 Å². The van der Waals surface area contributed by atoms with Gasteiger partial charge in [-0.2, -0.15) is 5.10 Å². The summed E-state index contributed by atoms with van der Waals surface area (Å²) in [5.74, 6) is 0. The lowest BCUT2D eigenvalue weighted by Crippen LogP contribution is -2.01. The molecule has 3 rings (SSSR count). The largest absolute Gasteiger partial charge is 0.381 e. The van der Waals surface area contributed by atoms with E-state index < -0.39 is 0 Å². The van der Waals surface area contributed by atoms with E-state index in [0.717, 1.165) is 22.8 Å². The van der Waals surface area contributed by atoms with Crippen LogP contribution in [0.2, 0.25) is 0 Å². The molecule has 0 bridgehead atoms. The van der Waals surface area contributed by atoms with Crippen LogP contribution in [0.25, 0.3) is 10.2 Å². The Bertz CT molecular complexity index is 726. The maximum atomic E-state index is 4.47. The van der Waals surface area contributed by atoms with Crippen LogP contribution in [0.1, 0.15) is 30.5 Å². The topological polar surface area (TPSA) is 42.7 Å². The molecular formula is C15H18N4S. The van der Waals surface area contributed by atoms with E-state index in [1.165, 1.54) is 10.3 Å². The Morgan fingerprint density at radius 2 is 2.20 bits per heavy atom. The van der Waals surface area contributed by atoms with Gasteiger partial charge in [0.15, 0.2) is 0 Å². The Morgan fingerprint density at radius 3 is 2.95 bits per heavy atom. The third-order valence-corrected chi connectivity index (χ3v) is 4.11. The first-order valence-electron chi connectivity index (χ1n) is 6.76. The summed E-state index contributed by atoms with van der Waals surface area (Å²) in [6, 6.07) is 6.71. The maximum Gasteiger partial charge on any atom is 0.0907 e. The van der Waals surface area contributed by atoms with Crippen molar-refractivity contribution < 1.29 is 0 Å². The molecule has 0 amide bonds. The van der Waals surface area contributed by atoms with Gasteiger partial charge in [-0.3, -0.25) is 4.68 Å². The molecule has 0 fully saturated rings. The van der Waals surface area contributed by atoms with Gasteiger partial charge in [-0.15, -0.1) is 11.3 Å². The van der Waals surface area contributed by atoms with Crippen molar-refractivity contribution in [2.45, 2.75) is 33.4 Å². The number of aryl methyl sites for hydroxylation is 1. The zero-order valence-corrected chi connectivity index (χ0v) is 12.7. The van der Waals surface area contributed by atoms with Gasteiger partial charge >= 0.3 is 0 Å². The molecule has 0 atom stereocenters. The number of hydrogen-bond acceptors (Lipinski definition) is 4. The summed E-state index contributed by atoms with van der Waals surface area (Å²) in [4.78, 5) is 4.47. The van der Waals surface area contributed by atoms with Gasteiger partial charge < -0.3 is 5.32 Å². The molecule has 0 aliphatic rings. The second-order valence-corrected chi connectivity index (χ2v) is 6.43. The lowest BCUT2D eigenvalue weighted by Gasteiger charge is -2.05. The minimum absolute atomic E-state index is 0.403. The van der Waals surface area contributed by atoms with Crippen LogP contribution in [0.5, 0.6) is 0 Å². The van der Waals surface area contributed by atoms with Gasteiger partial charge in [0.2, 0.25) is 0 Å². The first kappa shape index (κ1) is 13.1. The molecule has 5 heteroatoms. The first-order valence-corrected chi connectivity index (χ1v) is 7.57. The van der Waals surface area contributed by atoms with E-state index in [1.54, 1.807) is 11.3 Å². The van der Waals surface area contributed by atoms with Crippen LogP contribution in [-0.4, -0.2) is 14.8 Å². The number of hydrogen-bond donors (Lipinski definition) is 1. The van der Waals surface area contributed by atoms with E-state index in [1.807, 2.05) is 17.8 Å². The zero-order chi connectivity index (χ0) is 14.1. The van der Waals surface area contributed by atoms with Crippen molar-refractivity contribution in [1.82, 2.24) is 14.8 Å². The third kappa shape index (κ3) is 2.67. The Kier molecular flexibility index (Phi) is 3.44. The lowest BCUT2D eigenvalue weighted by molar-refractivity contribution is 0.532. The van der Waals surface area contributed by atoms with Gasteiger partial charge in [-0.05, 0) is 39.0 Å². The van der Waals surface area contributed by atoms with Crippen LogP contribution in [-0.2, 0) is 6.54 Å². The molecule has 2 heterocycles. The van der Waals surface area contributed by atoms with Gasteiger partial charge in [0.05, 0.1) is 21.4 Å². The smallest absolute Gasteiger partial charge is 0.0907 e. The number of nitrogens with one attached hydrogen (secondary N) is 1. The minimum atomic E-state index is 0.403. The molecule has 0 unspecified atom stereocenters. The molecule has 2 aromatic heterocycles. The number of nitrogens with zero attached hydrogens (tertiary/aromatic N) is 3. The van der Waals surface area contributed by atoms with Crippen LogP contribution < -0.4 is 5.32 Å². The summed E-state index contributed by atoms with van der Waals surface area (Å²) >= 11 is 1.73. The van der Waals surface area contributed by atoms with Gasteiger partial charge in [-0.1, -0.05) is 0 Å². The van der Waals surface area contributed by atoms with Crippen LogP contribution in [0.3, 0.4) is 0 Å². The number of benzene rings is 1. The fraction of sp³-hybridized carbons (Fsp3) is 0.333. The molecule has 4 nitrogen and oxygen atoms in total. The maximum absolute atomic E-state index is 4.47. The van der Waals surface area contributed by atoms with Gasteiger partial charge in [0.1, 0.15) is 0 Å². The van der Waals surface area contributed by atoms with E-state index in [-0.39, 0.29) is 0 Å². The van der Waals surface area contributed by atoms with E-state index >= 15 is 0 Å². The van der Waals surface area contributed by atoms with Gasteiger partial charge in [0, 0.05) is 30.0 Å². The number of anilines is 1. The van der Waals surface area contributed by atoms with Crippen molar-refractivity contribution in [1.29, 1.82) is 0 Å². The summed E-state index contributed by atoms with van der Waals surface area (Å²) in [6.07, 6.45) is 4.01. The summed E-state index contributed by atoms with van der Waals surface area (Å²) in [7, 11) is 0. The molecule has 20 heavy (non-hydrogen) atoms. The highest BCUT2D eigenvalue weighted by molar-refractivity contribution is 7.18. The number of aromatic nitrogens is 3. The van der Waals surface area contributed by atoms with E-state index in [9.17, 15) is 0 Å². The second-order valence-electron chi connectivity index (χ2n) is 5.19. The molecule has 0 radical (unpaired) electrons. The lowest BCUT2D eigenvalue weighted by atomic mass is 10.3. The molecule has 0 aliphatic carbocycles. The fourth-order valence-corrected chi connectivity index (χ4v) is 2.97. The van der Waals surface area contributed by atoms with Crippen molar-refractivity contribution in [3.8, 4) is 0 Å². The average Bonchev–Trinajstić information content (AvgIpc) is 3.00. The Balaban J connectivity index is 1.72. The van der Waals surface area contributed by atoms with Crippen LogP contribution in [0.15, 0.2) is 30.6 Å². The Morgan fingerprint density at radius 1 is 1.35 bits per heavy atom. The molecule has 0 saturated carbocycles. The standard InChI is InChI=1S/C15H18N4S/c1-10(2)19-9-12(8-17-19)7-16-13-4-5-14-15(6-13)20-11(3)18-14/h4-6,8-10,16H,7H2,1-3H3. The molecule has 1 N–H and O–H groups in total. The molecule has 0 spiro atoms. The minimum Gasteiger partial charge on any atom is -0.381 e. The summed E-state index contributed by atoms with van der Waals surface area (Å²) in [5.41, 5.74) is 3.39. The van der Waals surface area contributed by atoms with Crippen LogP contribution in [0.4, 0.5) is 5.69 Å². The van der Waals surface area contributed by atoms with Crippen molar-refractivity contribution in [3.63, 3.8) is 0 Å². The highest BCUT2D eigenvalue weighted by atomic mass is 32.1. The number of thiazole rings is 1. The molecule has 1 aromatic carbocycles. The van der Waals surface area contributed by atoms with Crippen molar-refractivity contribution >= 4 is 27.2 Å². The monoisotopic (exact) mass is 286 g/mol. The summed E-state index contributed by atoms with van der Waals surface area (Å²) in [5, 5.41) is 8.90. The molecule has 104 valence electrons. The number of rotatable bonds is 4. The van der Waals surface area contributed by atoms with Crippen molar-refractivity contribution in [3.05, 3.63) is 41.2 Å². The summed E-state index contributed by atoms with van der Waals surface area (Å²) in [6.45, 7) is 7.09. The third-order valence-electron chi connectivity index (χ3n) is 3.18. The predicted molar refractivity (Wildman–Crippen MR) is 84.3 cm³/mol.